The van der Waals surface area contributed by atoms with E-state index in [1.807, 2.05) is 0 Å². The molecule has 2 unspecified atom stereocenters. The smallest absolute Gasteiger partial charge is 0.0229 e. The van der Waals surface area contributed by atoms with Crippen molar-refractivity contribution in [2.75, 3.05) is 6.54 Å². The van der Waals surface area contributed by atoms with Gasteiger partial charge in [0.1, 0.15) is 0 Å². The largest absolute Gasteiger partial charge is 0.293 e. The van der Waals surface area contributed by atoms with E-state index in [9.17, 15) is 0 Å². The first-order chi connectivity index (χ1) is 8.05. The molecule has 1 heterocycles. The summed E-state index contributed by atoms with van der Waals surface area (Å²) in [6.45, 7) is 10.6. The third kappa shape index (κ3) is 6.45. The molecule has 1 aliphatic heterocycles. The van der Waals surface area contributed by atoms with Gasteiger partial charge < -0.3 is 0 Å². The third-order valence-corrected chi connectivity index (χ3v) is 3.97. The zero-order chi connectivity index (χ0) is 12.7. The standard InChI is InChI=1S/C16H33N/c1-5-6-7-8-9-10-11-12-13-15-14-17(15)16(2,3)4/h15H,5-14H2,1-4H3. The van der Waals surface area contributed by atoms with E-state index in [4.69, 9.17) is 0 Å². The summed E-state index contributed by atoms with van der Waals surface area (Å²) in [5.41, 5.74) is 0.408. The Labute approximate surface area is 109 Å². The first-order valence-electron chi connectivity index (χ1n) is 7.82. The predicted octanol–water partition coefficient (Wildman–Crippen LogP) is 5.00. The average molecular weight is 239 g/mol. The quantitative estimate of drug-likeness (QED) is 0.404. The van der Waals surface area contributed by atoms with E-state index >= 15 is 0 Å². The van der Waals surface area contributed by atoms with Crippen LogP contribution in [-0.4, -0.2) is 23.0 Å². The van der Waals surface area contributed by atoms with Crippen LogP contribution in [-0.2, 0) is 0 Å². The first kappa shape index (κ1) is 15.0. The second kappa shape index (κ2) is 7.41. The van der Waals surface area contributed by atoms with Gasteiger partial charge in [-0.15, -0.1) is 0 Å². The highest BCUT2D eigenvalue weighted by atomic mass is 15.3. The summed E-state index contributed by atoms with van der Waals surface area (Å²) in [6.07, 6.45) is 13.0. The molecule has 1 nitrogen and oxygen atoms in total. The molecular formula is C16H33N. The Morgan fingerprint density at radius 2 is 1.41 bits per heavy atom. The minimum absolute atomic E-state index is 0.408. The lowest BCUT2D eigenvalue weighted by Crippen LogP contribution is -2.27. The summed E-state index contributed by atoms with van der Waals surface area (Å²) in [7, 11) is 0. The molecule has 0 bridgehead atoms. The maximum Gasteiger partial charge on any atom is 0.0229 e. The number of rotatable bonds is 9. The van der Waals surface area contributed by atoms with Crippen molar-refractivity contribution in [1.82, 2.24) is 4.90 Å². The monoisotopic (exact) mass is 239 g/mol. The zero-order valence-electron chi connectivity index (χ0n) is 12.6. The Balaban J connectivity index is 1.83. The highest BCUT2D eigenvalue weighted by molar-refractivity contribution is 4.96. The summed E-state index contributed by atoms with van der Waals surface area (Å²) in [5, 5.41) is 0. The molecule has 1 fully saturated rings. The highest BCUT2D eigenvalue weighted by Crippen LogP contribution is 2.32. The zero-order valence-corrected chi connectivity index (χ0v) is 12.6. The normalized spacial score (nSPS) is 24.0. The van der Waals surface area contributed by atoms with Gasteiger partial charge in [0, 0.05) is 18.1 Å². The lowest BCUT2D eigenvalue weighted by Gasteiger charge is -2.21. The Morgan fingerprint density at radius 3 is 1.88 bits per heavy atom. The average Bonchev–Trinajstić information content (AvgIpc) is 3.01. The highest BCUT2D eigenvalue weighted by Gasteiger charge is 2.40. The van der Waals surface area contributed by atoms with Gasteiger partial charge in [-0.1, -0.05) is 58.3 Å². The van der Waals surface area contributed by atoms with Crippen LogP contribution < -0.4 is 0 Å². The fourth-order valence-corrected chi connectivity index (χ4v) is 2.76. The van der Waals surface area contributed by atoms with Crippen molar-refractivity contribution in [3.05, 3.63) is 0 Å². The predicted molar refractivity (Wildman–Crippen MR) is 77.5 cm³/mol. The molecule has 1 heteroatoms. The van der Waals surface area contributed by atoms with Gasteiger partial charge in [0.25, 0.3) is 0 Å². The summed E-state index contributed by atoms with van der Waals surface area (Å²) >= 11 is 0. The van der Waals surface area contributed by atoms with Crippen LogP contribution in [0.25, 0.3) is 0 Å². The van der Waals surface area contributed by atoms with E-state index in [2.05, 4.69) is 32.6 Å². The van der Waals surface area contributed by atoms with Crippen LogP contribution in [0.15, 0.2) is 0 Å². The van der Waals surface area contributed by atoms with E-state index in [0.29, 0.717) is 5.54 Å². The SMILES string of the molecule is CCCCCCCCCCC1CN1C(C)(C)C. The van der Waals surface area contributed by atoms with Crippen molar-refractivity contribution >= 4 is 0 Å². The third-order valence-electron chi connectivity index (χ3n) is 3.97. The van der Waals surface area contributed by atoms with Crippen molar-refractivity contribution < 1.29 is 0 Å². The molecular weight excluding hydrogens is 206 g/mol. The lowest BCUT2D eigenvalue weighted by atomic mass is 10.1. The van der Waals surface area contributed by atoms with Gasteiger partial charge in [-0.25, -0.2) is 0 Å². The Morgan fingerprint density at radius 1 is 0.882 bits per heavy atom. The molecule has 0 amide bonds. The van der Waals surface area contributed by atoms with E-state index in [-0.39, 0.29) is 0 Å². The Bertz CT molecular complexity index is 192. The van der Waals surface area contributed by atoms with Crippen LogP contribution >= 0.6 is 0 Å². The van der Waals surface area contributed by atoms with Crippen LogP contribution in [0.3, 0.4) is 0 Å². The van der Waals surface area contributed by atoms with Crippen molar-refractivity contribution in [2.24, 2.45) is 0 Å². The molecule has 0 radical (unpaired) electrons. The molecule has 1 saturated heterocycles. The summed E-state index contributed by atoms with van der Waals surface area (Å²) in [5.74, 6) is 0. The second-order valence-corrected chi connectivity index (χ2v) is 6.74. The van der Waals surface area contributed by atoms with Gasteiger partial charge in [0.05, 0.1) is 0 Å². The molecule has 0 aromatic rings. The van der Waals surface area contributed by atoms with Gasteiger partial charge in [-0.2, -0.15) is 0 Å². The van der Waals surface area contributed by atoms with Gasteiger partial charge >= 0.3 is 0 Å². The van der Waals surface area contributed by atoms with Crippen LogP contribution in [0, 0.1) is 0 Å². The molecule has 1 rings (SSSR count). The Hall–Kier alpha value is -0.0400. The van der Waals surface area contributed by atoms with Gasteiger partial charge in [0.15, 0.2) is 0 Å². The molecule has 0 spiro atoms. The molecule has 17 heavy (non-hydrogen) atoms. The molecule has 0 saturated carbocycles. The van der Waals surface area contributed by atoms with E-state index < -0.39 is 0 Å². The molecule has 0 aliphatic carbocycles. The van der Waals surface area contributed by atoms with Crippen molar-refractivity contribution in [3.63, 3.8) is 0 Å². The second-order valence-electron chi connectivity index (χ2n) is 6.74. The Kier molecular flexibility index (Phi) is 6.54. The topological polar surface area (TPSA) is 3.01 Å². The van der Waals surface area contributed by atoms with Crippen molar-refractivity contribution in [3.8, 4) is 0 Å². The number of hydrogen-bond donors (Lipinski definition) is 0. The van der Waals surface area contributed by atoms with Crippen molar-refractivity contribution in [2.45, 2.75) is 97.1 Å². The van der Waals surface area contributed by atoms with Crippen LogP contribution in [0.1, 0.15) is 85.5 Å². The minimum Gasteiger partial charge on any atom is -0.293 e. The van der Waals surface area contributed by atoms with Gasteiger partial charge in [-0.05, 0) is 27.2 Å². The fourth-order valence-electron chi connectivity index (χ4n) is 2.76. The van der Waals surface area contributed by atoms with Crippen molar-refractivity contribution in [1.29, 1.82) is 0 Å². The van der Waals surface area contributed by atoms with Crippen LogP contribution in [0.4, 0.5) is 0 Å². The summed E-state index contributed by atoms with van der Waals surface area (Å²) in [4.78, 5) is 2.63. The molecule has 1 aliphatic rings. The number of nitrogens with zero attached hydrogens (tertiary/aromatic N) is 1. The number of unbranched alkanes of at least 4 members (excludes halogenated alkanes) is 7. The summed E-state index contributed by atoms with van der Waals surface area (Å²) < 4.78 is 0. The minimum atomic E-state index is 0.408. The van der Waals surface area contributed by atoms with Crippen LogP contribution in [0.5, 0.6) is 0 Å². The fraction of sp³-hybridized carbons (Fsp3) is 1.00. The first-order valence-corrected chi connectivity index (χ1v) is 7.82. The molecule has 2 atom stereocenters. The maximum atomic E-state index is 2.63. The van der Waals surface area contributed by atoms with Gasteiger partial charge in [-0.3, -0.25) is 4.90 Å². The summed E-state index contributed by atoms with van der Waals surface area (Å²) in [6, 6.07) is 0.912. The molecule has 0 aromatic heterocycles. The molecule has 0 N–H and O–H groups in total. The lowest BCUT2D eigenvalue weighted by molar-refractivity contribution is 0.280. The molecule has 102 valence electrons. The molecule has 0 aromatic carbocycles. The van der Waals surface area contributed by atoms with Gasteiger partial charge in [0.2, 0.25) is 0 Å². The maximum absolute atomic E-state index is 2.63. The van der Waals surface area contributed by atoms with Crippen LogP contribution in [0.2, 0.25) is 0 Å². The number of hydrogen-bond acceptors (Lipinski definition) is 1. The van der Waals surface area contributed by atoms with E-state index in [1.165, 1.54) is 64.3 Å². The van der Waals surface area contributed by atoms with E-state index in [0.717, 1.165) is 6.04 Å². The van der Waals surface area contributed by atoms with E-state index in [1.54, 1.807) is 0 Å².